The van der Waals surface area contributed by atoms with E-state index in [1.807, 2.05) is 0 Å². The monoisotopic (exact) mass is 424 g/mol. The average molecular weight is 424 g/mol. The number of oxazole rings is 1. The Kier molecular flexibility index (Phi) is 6.84. The normalized spacial score (nSPS) is 10.1. The van der Waals surface area contributed by atoms with E-state index in [-0.39, 0.29) is 6.61 Å². The number of methoxy groups -OCH3 is 1. The maximum atomic E-state index is 12.3. The Morgan fingerprint density at radius 3 is 2.42 bits per heavy atom. The molecule has 0 bridgehead atoms. The standard InChI is InChI=1S/C21H20N4O6/c1-22-21(28)30-11-13-4-3-5-14(8-13)24-19(26)20(27)25-15-6-7-16(17(9-15)29-2)18-10-23-12-31-18/h3-10,12H,11H2,1-2H3,(H,22,28)(H,24,26)(H,25,27). The Morgan fingerprint density at radius 2 is 1.77 bits per heavy atom. The summed E-state index contributed by atoms with van der Waals surface area (Å²) in [6.45, 7) is 0.0207. The topological polar surface area (TPSA) is 132 Å². The van der Waals surface area contributed by atoms with Crippen molar-refractivity contribution >= 4 is 29.3 Å². The summed E-state index contributed by atoms with van der Waals surface area (Å²) in [6.07, 6.45) is 2.27. The fraction of sp³-hybridized carbons (Fsp3) is 0.143. The van der Waals surface area contributed by atoms with E-state index in [0.29, 0.717) is 34.0 Å². The van der Waals surface area contributed by atoms with Crippen molar-refractivity contribution in [3.05, 3.63) is 60.6 Å². The molecule has 0 aliphatic carbocycles. The van der Waals surface area contributed by atoms with Crippen molar-refractivity contribution in [3.8, 4) is 17.1 Å². The van der Waals surface area contributed by atoms with E-state index >= 15 is 0 Å². The molecule has 31 heavy (non-hydrogen) atoms. The van der Waals surface area contributed by atoms with E-state index in [2.05, 4.69) is 20.9 Å². The van der Waals surface area contributed by atoms with Crippen LogP contribution < -0.4 is 20.7 Å². The fourth-order valence-corrected chi connectivity index (χ4v) is 2.66. The molecule has 0 aliphatic rings. The molecule has 3 N–H and O–H groups in total. The number of alkyl carbamates (subject to hydrolysis) is 1. The van der Waals surface area contributed by atoms with Gasteiger partial charge in [0, 0.05) is 24.5 Å². The third kappa shape index (κ3) is 5.60. The van der Waals surface area contributed by atoms with Crippen LogP contribution >= 0.6 is 0 Å². The molecule has 0 fully saturated rings. The summed E-state index contributed by atoms with van der Waals surface area (Å²) in [7, 11) is 2.93. The Hall–Kier alpha value is -4.34. The van der Waals surface area contributed by atoms with E-state index in [0.717, 1.165) is 0 Å². The molecule has 0 atom stereocenters. The van der Waals surface area contributed by atoms with Gasteiger partial charge in [-0.1, -0.05) is 12.1 Å². The number of carbonyl (C=O) groups excluding carboxylic acids is 3. The lowest BCUT2D eigenvalue weighted by Crippen LogP contribution is -2.29. The average Bonchev–Trinajstić information content (AvgIpc) is 3.32. The van der Waals surface area contributed by atoms with Crippen molar-refractivity contribution in [2.45, 2.75) is 6.61 Å². The molecule has 0 saturated heterocycles. The zero-order chi connectivity index (χ0) is 22.2. The number of benzene rings is 2. The molecule has 1 heterocycles. The van der Waals surface area contributed by atoms with Gasteiger partial charge in [0.15, 0.2) is 12.2 Å². The highest BCUT2D eigenvalue weighted by atomic mass is 16.5. The molecule has 3 aromatic rings. The van der Waals surface area contributed by atoms with E-state index in [1.54, 1.807) is 42.5 Å². The van der Waals surface area contributed by atoms with Gasteiger partial charge in [0.1, 0.15) is 12.4 Å². The van der Waals surface area contributed by atoms with Crippen molar-refractivity contribution in [1.29, 1.82) is 0 Å². The van der Waals surface area contributed by atoms with Gasteiger partial charge in [-0.3, -0.25) is 9.59 Å². The third-order valence-corrected chi connectivity index (χ3v) is 4.12. The zero-order valence-corrected chi connectivity index (χ0v) is 16.8. The van der Waals surface area contributed by atoms with Crippen LogP contribution in [-0.4, -0.2) is 37.0 Å². The van der Waals surface area contributed by atoms with Crippen molar-refractivity contribution in [2.24, 2.45) is 0 Å². The second-order valence-electron chi connectivity index (χ2n) is 6.22. The van der Waals surface area contributed by atoms with Crippen LogP contribution in [-0.2, 0) is 20.9 Å². The van der Waals surface area contributed by atoms with Gasteiger partial charge in [-0.15, -0.1) is 0 Å². The van der Waals surface area contributed by atoms with Gasteiger partial charge < -0.3 is 29.8 Å². The van der Waals surface area contributed by atoms with Crippen LogP contribution in [0, 0.1) is 0 Å². The van der Waals surface area contributed by atoms with Crippen molar-refractivity contribution in [3.63, 3.8) is 0 Å². The second-order valence-corrected chi connectivity index (χ2v) is 6.22. The largest absolute Gasteiger partial charge is 0.496 e. The quantitative estimate of drug-likeness (QED) is 0.519. The minimum Gasteiger partial charge on any atom is -0.496 e. The molecule has 1 aromatic heterocycles. The smallest absolute Gasteiger partial charge is 0.407 e. The zero-order valence-electron chi connectivity index (χ0n) is 16.8. The van der Waals surface area contributed by atoms with E-state index in [4.69, 9.17) is 13.9 Å². The number of amides is 3. The van der Waals surface area contributed by atoms with Gasteiger partial charge in [0.25, 0.3) is 0 Å². The summed E-state index contributed by atoms with van der Waals surface area (Å²) in [4.78, 5) is 39.6. The number of aromatic nitrogens is 1. The second kappa shape index (κ2) is 9.92. The minimum absolute atomic E-state index is 0.0207. The van der Waals surface area contributed by atoms with Crippen LogP contribution in [0.5, 0.6) is 5.75 Å². The maximum Gasteiger partial charge on any atom is 0.407 e. The van der Waals surface area contributed by atoms with Crippen molar-refractivity contribution in [2.75, 3.05) is 24.8 Å². The van der Waals surface area contributed by atoms with Crippen LogP contribution in [0.4, 0.5) is 16.2 Å². The molecule has 0 radical (unpaired) electrons. The number of hydrogen-bond donors (Lipinski definition) is 3. The lowest BCUT2D eigenvalue weighted by molar-refractivity contribution is -0.133. The van der Waals surface area contributed by atoms with Gasteiger partial charge in [-0.2, -0.15) is 0 Å². The lowest BCUT2D eigenvalue weighted by atomic mass is 10.1. The predicted molar refractivity (Wildman–Crippen MR) is 111 cm³/mol. The van der Waals surface area contributed by atoms with Gasteiger partial charge in [-0.05, 0) is 29.8 Å². The lowest BCUT2D eigenvalue weighted by Gasteiger charge is -2.11. The van der Waals surface area contributed by atoms with E-state index < -0.39 is 17.9 Å². The molecular formula is C21H20N4O6. The molecule has 160 valence electrons. The molecule has 3 rings (SSSR count). The SMILES string of the molecule is CNC(=O)OCc1cccc(NC(=O)C(=O)Nc2ccc(-c3cnco3)c(OC)c2)c1. The van der Waals surface area contributed by atoms with Gasteiger partial charge in [-0.25, -0.2) is 9.78 Å². The van der Waals surface area contributed by atoms with E-state index in [1.165, 1.54) is 26.7 Å². The fourth-order valence-electron chi connectivity index (χ4n) is 2.66. The Labute approximate surface area is 177 Å². The Bertz CT molecular complexity index is 1080. The van der Waals surface area contributed by atoms with Crippen LogP contribution in [0.15, 0.2) is 59.5 Å². The maximum absolute atomic E-state index is 12.3. The number of nitrogens with one attached hydrogen (secondary N) is 3. The summed E-state index contributed by atoms with van der Waals surface area (Å²) < 4.78 is 15.5. The number of ether oxygens (including phenoxy) is 2. The van der Waals surface area contributed by atoms with Gasteiger partial charge in [0.05, 0.1) is 18.9 Å². The highest BCUT2D eigenvalue weighted by Gasteiger charge is 2.16. The summed E-state index contributed by atoms with van der Waals surface area (Å²) >= 11 is 0. The van der Waals surface area contributed by atoms with Crippen LogP contribution in [0.1, 0.15) is 5.56 Å². The first-order chi connectivity index (χ1) is 15.0. The van der Waals surface area contributed by atoms with Crippen molar-refractivity contribution < 1.29 is 28.3 Å². The number of anilines is 2. The highest BCUT2D eigenvalue weighted by Crippen LogP contribution is 2.32. The first-order valence-corrected chi connectivity index (χ1v) is 9.13. The van der Waals surface area contributed by atoms with Gasteiger partial charge >= 0.3 is 17.9 Å². The van der Waals surface area contributed by atoms with Crippen molar-refractivity contribution in [1.82, 2.24) is 10.3 Å². The predicted octanol–water partition coefficient (Wildman–Crippen LogP) is 2.78. The molecule has 0 spiro atoms. The highest BCUT2D eigenvalue weighted by molar-refractivity contribution is 6.43. The molecule has 0 aliphatic heterocycles. The summed E-state index contributed by atoms with van der Waals surface area (Å²) in [5, 5.41) is 7.36. The first kappa shape index (κ1) is 21.4. The van der Waals surface area contributed by atoms with Gasteiger partial charge in [0.2, 0.25) is 0 Å². The number of carbonyl (C=O) groups is 3. The number of rotatable bonds is 6. The van der Waals surface area contributed by atoms with Crippen LogP contribution in [0.25, 0.3) is 11.3 Å². The molecule has 0 saturated carbocycles. The minimum atomic E-state index is -0.860. The number of hydrogen-bond acceptors (Lipinski definition) is 7. The number of nitrogens with zero attached hydrogens (tertiary/aromatic N) is 1. The molecule has 10 heteroatoms. The molecule has 2 aromatic carbocycles. The Morgan fingerprint density at radius 1 is 1.03 bits per heavy atom. The molecule has 10 nitrogen and oxygen atoms in total. The Balaban J connectivity index is 1.63. The molecular weight excluding hydrogens is 404 g/mol. The summed E-state index contributed by atoms with van der Waals surface area (Å²) in [5.74, 6) is -0.768. The molecule has 3 amide bonds. The van der Waals surface area contributed by atoms with E-state index in [9.17, 15) is 14.4 Å². The van der Waals surface area contributed by atoms with Crippen LogP contribution in [0.3, 0.4) is 0 Å². The summed E-state index contributed by atoms with van der Waals surface area (Å²) in [6, 6.07) is 11.5. The summed E-state index contributed by atoms with van der Waals surface area (Å²) in [5.41, 5.74) is 2.05. The van der Waals surface area contributed by atoms with Crippen LogP contribution in [0.2, 0.25) is 0 Å². The third-order valence-electron chi connectivity index (χ3n) is 4.12. The first-order valence-electron chi connectivity index (χ1n) is 9.13. The molecule has 0 unspecified atom stereocenters.